The number of nitrogens with one attached hydrogen (secondary N) is 1. The van der Waals surface area contributed by atoms with Crippen molar-refractivity contribution in [1.82, 2.24) is 4.31 Å². The predicted molar refractivity (Wildman–Crippen MR) is 91.3 cm³/mol. The fraction of sp³-hybridized carbons (Fsp3) is 0.533. The second-order valence-electron chi connectivity index (χ2n) is 5.57. The summed E-state index contributed by atoms with van der Waals surface area (Å²) in [5, 5.41) is 2.89. The summed E-state index contributed by atoms with van der Waals surface area (Å²) in [4.78, 5) is 12.4. The first kappa shape index (κ1) is 17.4. The van der Waals surface area contributed by atoms with Gasteiger partial charge < -0.3 is 5.32 Å². The molecule has 1 atom stereocenters. The number of nitrogens with zero attached hydrogens (tertiary/aromatic N) is 1. The Balaban J connectivity index is 2.06. The van der Waals surface area contributed by atoms with Gasteiger partial charge in [-0.25, -0.2) is 12.7 Å². The Bertz CT molecular complexity index is 661. The number of benzene rings is 1. The van der Waals surface area contributed by atoms with Gasteiger partial charge in [0.15, 0.2) is 0 Å². The highest BCUT2D eigenvalue weighted by Crippen LogP contribution is 2.26. The molecule has 0 bridgehead atoms. The van der Waals surface area contributed by atoms with Gasteiger partial charge in [0.2, 0.25) is 15.9 Å². The molecule has 1 aliphatic rings. The summed E-state index contributed by atoms with van der Waals surface area (Å²) in [7, 11) is -3.23. The number of rotatable bonds is 4. The van der Waals surface area contributed by atoms with Gasteiger partial charge in [-0.3, -0.25) is 4.79 Å². The largest absolute Gasteiger partial charge is 0.325 e. The smallest absolute Gasteiger partial charge is 0.228 e. The van der Waals surface area contributed by atoms with E-state index < -0.39 is 10.0 Å². The summed E-state index contributed by atoms with van der Waals surface area (Å²) in [5.74, 6) is -0.353. The van der Waals surface area contributed by atoms with E-state index in [-0.39, 0.29) is 24.1 Å². The maximum absolute atomic E-state index is 12.4. The van der Waals surface area contributed by atoms with E-state index >= 15 is 0 Å². The van der Waals surface area contributed by atoms with Crippen molar-refractivity contribution in [3.05, 3.63) is 28.2 Å². The van der Waals surface area contributed by atoms with E-state index in [0.717, 1.165) is 10.0 Å². The van der Waals surface area contributed by atoms with Crippen LogP contribution in [0.1, 0.15) is 25.3 Å². The normalized spacial score (nSPS) is 19.9. The van der Waals surface area contributed by atoms with Crippen LogP contribution in [0.3, 0.4) is 0 Å². The van der Waals surface area contributed by atoms with Crippen molar-refractivity contribution in [2.45, 2.75) is 26.7 Å². The zero-order valence-corrected chi connectivity index (χ0v) is 15.2. The van der Waals surface area contributed by atoms with Crippen LogP contribution in [-0.4, -0.2) is 37.5 Å². The third-order valence-electron chi connectivity index (χ3n) is 3.90. The molecule has 5 nitrogen and oxygen atoms in total. The number of aryl methyl sites for hydroxylation is 1. The van der Waals surface area contributed by atoms with Crippen LogP contribution in [0.2, 0.25) is 0 Å². The molecular formula is C15H21BrN2O3S. The lowest BCUT2D eigenvalue weighted by atomic mass is 9.98. The number of hydrogen-bond acceptors (Lipinski definition) is 3. The number of sulfonamides is 1. The third-order valence-corrected chi connectivity index (χ3v) is 6.40. The molecular weight excluding hydrogens is 368 g/mol. The van der Waals surface area contributed by atoms with Crippen molar-refractivity contribution in [2.24, 2.45) is 5.92 Å². The number of amides is 1. The predicted octanol–water partition coefficient (Wildman–Crippen LogP) is 2.76. The van der Waals surface area contributed by atoms with E-state index in [1.807, 2.05) is 25.1 Å². The maximum atomic E-state index is 12.4. The Labute approximate surface area is 140 Å². The molecule has 1 saturated heterocycles. The average Bonchev–Trinajstić information content (AvgIpc) is 2.50. The van der Waals surface area contributed by atoms with Gasteiger partial charge in [0.1, 0.15) is 0 Å². The Morgan fingerprint density at radius 3 is 2.82 bits per heavy atom. The van der Waals surface area contributed by atoms with Gasteiger partial charge in [-0.1, -0.05) is 6.07 Å². The summed E-state index contributed by atoms with van der Waals surface area (Å²) in [5.41, 5.74) is 1.81. The summed E-state index contributed by atoms with van der Waals surface area (Å²) in [6, 6.07) is 5.71. The molecule has 7 heteroatoms. The van der Waals surface area contributed by atoms with Crippen LogP contribution in [-0.2, 0) is 14.8 Å². The maximum Gasteiger partial charge on any atom is 0.228 e. The molecule has 1 amide bonds. The van der Waals surface area contributed by atoms with Crippen molar-refractivity contribution in [3.8, 4) is 0 Å². The Morgan fingerprint density at radius 2 is 2.18 bits per heavy atom. The van der Waals surface area contributed by atoms with Crippen molar-refractivity contribution < 1.29 is 13.2 Å². The fourth-order valence-electron chi connectivity index (χ4n) is 2.55. The van der Waals surface area contributed by atoms with Gasteiger partial charge in [-0.2, -0.15) is 0 Å². The fourth-order valence-corrected chi connectivity index (χ4v) is 4.32. The molecule has 0 spiro atoms. The Kier molecular flexibility index (Phi) is 5.63. The average molecular weight is 389 g/mol. The quantitative estimate of drug-likeness (QED) is 0.861. The molecule has 0 saturated carbocycles. The van der Waals surface area contributed by atoms with Crippen LogP contribution in [0.5, 0.6) is 0 Å². The van der Waals surface area contributed by atoms with Crippen molar-refractivity contribution in [3.63, 3.8) is 0 Å². The van der Waals surface area contributed by atoms with Gasteiger partial charge in [0, 0.05) is 17.6 Å². The summed E-state index contributed by atoms with van der Waals surface area (Å²) >= 11 is 3.43. The molecule has 122 valence electrons. The number of anilines is 1. The van der Waals surface area contributed by atoms with E-state index in [4.69, 9.17) is 0 Å². The molecule has 1 N–H and O–H groups in total. The highest BCUT2D eigenvalue weighted by molar-refractivity contribution is 9.10. The van der Waals surface area contributed by atoms with Crippen molar-refractivity contribution in [1.29, 1.82) is 0 Å². The molecule has 1 fully saturated rings. The second kappa shape index (κ2) is 7.10. The van der Waals surface area contributed by atoms with E-state index in [9.17, 15) is 13.2 Å². The Morgan fingerprint density at radius 1 is 1.45 bits per heavy atom. The summed E-state index contributed by atoms with van der Waals surface area (Å²) in [6.45, 7) is 4.38. The molecule has 1 aromatic rings. The number of hydrogen-bond donors (Lipinski definition) is 1. The zero-order chi connectivity index (χ0) is 16.3. The first-order valence-corrected chi connectivity index (χ1v) is 9.78. The van der Waals surface area contributed by atoms with Crippen LogP contribution < -0.4 is 5.32 Å². The van der Waals surface area contributed by atoms with E-state index in [1.165, 1.54) is 4.31 Å². The number of carbonyl (C=O) groups excluding carboxylic acids is 1. The van der Waals surface area contributed by atoms with Crippen molar-refractivity contribution in [2.75, 3.05) is 24.2 Å². The molecule has 1 aliphatic heterocycles. The Hall–Kier alpha value is -0.920. The highest BCUT2D eigenvalue weighted by Gasteiger charge is 2.31. The minimum Gasteiger partial charge on any atom is -0.325 e. The monoisotopic (exact) mass is 388 g/mol. The lowest BCUT2D eigenvalue weighted by Crippen LogP contribution is -2.44. The minimum absolute atomic E-state index is 0.0743. The lowest BCUT2D eigenvalue weighted by Gasteiger charge is -2.31. The molecule has 0 aromatic heterocycles. The lowest BCUT2D eigenvalue weighted by molar-refractivity contribution is -0.120. The number of halogens is 1. The topological polar surface area (TPSA) is 66.5 Å². The second-order valence-corrected chi connectivity index (χ2v) is 8.68. The van der Waals surface area contributed by atoms with E-state index in [2.05, 4.69) is 21.2 Å². The van der Waals surface area contributed by atoms with Gasteiger partial charge in [-0.05, 0) is 60.3 Å². The van der Waals surface area contributed by atoms with E-state index in [0.29, 0.717) is 25.1 Å². The standard InChI is InChI=1S/C15H21BrN2O3S/c1-3-22(20,21)18-8-4-5-12(10-18)15(19)17-14-7-6-11(2)9-13(14)16/h6-7,9,12H,3-5,8,10H2,1-2H3,(H,17,19)/t12-/m1/s1. The minimum atomic E-state index is -3.23. The zero-order valence-electron chi connectivity index (χ0n) is 12.8. The van der Waals surface area contributed by atoms with Crippen LogP contribution >= 0.6 is 15.9 Å². The van der Waals surface area contributed by atoms with Gasteiger partial charge in [0.05, 0.1) is 17.4 Å². The molecule has 22 heavy (non-hydrogen) atoms. The van der Waals surface area contributed by atoms with Crippen LogP contribution in [0.15, 0.2) is 22.7 Å². The van der Waals surface area contributed by atoms with Gasteiger partial charge in [-0.15, -0.1) is 0 Å². The van der Waals surface area contributed by atoms with Crippen LogP contribution in [0.4, 0.5) is 5.69 Å². The van der Waals surface area contributed by atoms with Crippen LogP contribution in [0.25, 0.3) is 0 Å². The molecule has 1 heterocycles. The molecule has 0 unspecified atom stereocenters. The van der Waals surface area contributed by atoms with Crippen molar-refractivity contribution >= 4 is 37.5 Å². The van der Waals surface area contributed by atoms with E-state index in [1.54, 1.807) is 6.92 Å². The highest BCUT2D eigenvalue weighted by atomic mass is 79.9. The molecule has 0 aliphatic carbocycles. The van der Waals surface area contributed by atoms with Crippen LogP contribution in [0, 0.1) is 12.8 Å². The number of piperidine rings is 1. The molecule has 1 aromatic carbocycles. The first-order valence-electron chi connectivity index (χ1n) is 7.38. The molecule has 2 rings (SSSR count). The number of carbonyl (C=O) groups is 1. The first-order chi connectivity index (χ1) is 10.3. The third kappa shape index (κ3) is 4.08. The van der Waals surface area contributed by atoms with Gasteiger partial charge >= 0.3 is 0 Å². The SMILES string of the molecule is CCS(=O)(=O)N1CCC[C@@H](C(=O)Nc2ccc(C)cc2Br)C1. The molecule has 0 radical (unpaired) electrons. The summed E-state index contributed by atoms with van der Waals surface area (Å²) < 4.78 is 26.2. The summed E-state index contributed by atoms with van der Waals surface area (Å²) in [6.07, 6.45) is 1.43. The van der Waals surface area contributed by atoms with Gasteiger partial charge in [0.25, 0.3) is 0 Å².